The zero-order valence-electron chi connectivity index (χ0n) is 10.4. The SMILES string of the molecule is C/C(C(=O)O)=C(/C)C(=O)Nc1ccc(C)c(O)c1. The first-order valence-electron chi connectivity index (χ1n) is 5.34. The molecule has 0 aliphatic rings. The van der Waals surface area contributed by atoms with Crippen molar-refractivity contribution in [3.05, 3.63) is 34.9 Å². The van der Waals surface area contributed by atoms with Crippen LogP contribution in [-0.4, -0.2) is 22.1 Å². The molecule has 1 aromatic carbocycles. The number of amides is 1. The topological polar surface area (TPSA) is 86.6 Å². The summed E-state index contributed by atoms with van der Waals surface area (Å²) < 4.78 is 0. The highest BCUT2D eigenvalue weighted by molar-refractivity contribution is 6.08. The lowest BCUT2D eigenvalue weighted by molar-refractivity contribution is -0.133. The van der Waals surface area contributed by atoms with Crippen LogP contribution in [0.15, 0.2) is 29.3 Å². The van der Waals surface area contributed by atoms with Crippen LogP contribution in [0.5, 0.6) is 5.75 Å². The Labute approximate surface area is 105 Å². The van der Waals surface area contributed by atoms with Gasteiger partial charge in [-0.2, -0.15) is 0 Å². The van der Waals surface area contributed by atoms with Gasteiger partial charge in [0, 0.05) is 22.9 Å². The molecule has 0 bridgehead atoms. The van der Waals surface area contributed by atoms with Crippen LogP contribution < -0.4 is 5.32 Å². The fourth-order valence-electron chi connectivity index (χ4n) is 1.24. The average molecular weight is 249 g/mol. The number of hydrogen-bond donors (Lipinski definition) is 3. The van der Waals surface area contributed by atoms with E-state index in [4.69, 9.17) is 5.11 Å². The highest BCUT2D eigenvalue weighted by atomic mass is 16.4. The number of hydrogen-bond acceptors (Lipinski definition) is 3. The number of aryl methyl sites for hydroxylation is 1. The number of benzene rings is 1. The molecule has 0 fully saturated rings. The Bertz CT molecular complexity index is 532. The highest BCUT2D eigenvalue weighted by Crippen LogP contribution is 2.21. The predicted molar refractivity (Wildman–Crippen MR) is 67.5 cm³/mol. The molecule has 0 atom stereocenters. The lowest BCUT2D eigenvalue weighted by Crippen LogP contribution is -2.16. The summed E-state index contributed by atoms with van der Waals surface area (Å²) in [7, 11) is 0. The van der Waals surface area contributed by atoms with Gasteiger partial charge < -0.3 is 15.5 Å². The smallest absolute Gasteiger partial charge is 0.331 e. The van der Waals surface area contributed by atoms with Crippen LogP contribution in [0.4, 0.5) is 5.69 Å². The number of anilines is 1. The van der Waals surface area contributed by atoms with E-state index >= 15 is 0 Å². The molecule has 0 aliphatic heterocycles. The third kappa shape index (κ3) is 3.10. The standard InChI is InChI=1S/C13H15NO4/c1-7-4-5-10(6-11(7)15)14-12(16)8(2)9(3)13(17)18/h4-6,15H,1-3H3,(H,14,16)(H,17,18)/b9-8+. The fraction of sp³-hybridized carbons (Fsp3) is 0.231. The van der Waals surface area contributed by atoms with E-state index in [-0.39, 0.29) is 16.9 Å². The molecule has 0 unspecified atom stereocenters. The molecule has 1 amide bonds. The van der Waals surface area contributed by atoms with Crippen LogP contribution in [0.2, 0.25) is 0 Å². The van der Waals surface area contributed by atoms with Crippen molar-refractivity contribution in [2.45, 2.75) is 20.8 Å². The largest absolute Gasteiger partial charge is 0.508 e. The van der Waals surface area contributed by atoms with Crippen molar-refractivity contribution in [2.75, 3.05) is 5.32 Å². The predicted octanol–water partition coefficient (Wildman–Crippen LogP) is 2.06. The Hall–Kier alpha value is -2.30. The van der Waals surface area contributed by atoms with Crippen molar-refractivity contribution >= 4 is 17.6 Å². The molecule has 1 rings (SSSR count). The summed E-state index contributed by atoms with van der Waals surface area (Å²) in [6.45, 7) is 4.54. The zero-order valence-corrected chi connectivity index (χ0v) is 10.4. The second-order valence-corrected chi connectivity index (χ2v) is 4.01. The van der Waals surface area contributed by atoms with Crippen molar-refractivity contribution in [1.82, 2.24) is 0 Å². The Kier molecular flexibility index (Phi) is 4.09. The normalized spacial score (nSPS) is 11.7. The molecule has 0 saturated carbocycles. The molecule has 5 heteroatoms. The number of aliphatic carboxylic acids is 1. The number of carboxylic acids is 1. The Balaban J connectivity index is 2.92. The number of rotatable bonds is 3. The van der Waals surface area contributed by atoms with Crippen LogP contribution in [0.1, 0.15) is 19.4 Å². The van der Waals surface area contributed by atoms with Gasteiger partial charge in [-0.15, -0.1) is 0 Å². The molecule has 1 aromatic rings. The van der Waals surface area contributed by atoms with Crippen molar-refractivity contribution in [3.63, 3.8) is 0 Å². The molecule has 96 valence electrons. The number of carbonyl (C=O) groups is 2. The number of phenols is 1. The molecule has 0 spiro atoms. The van der Waals surface area contributed by atoms with Crippen LogP contribution in [-0.2, 0) is 9.59 Å². The first-order valence-corrected chi connectivity index (χ1v) is 5.34. The van der Waals surface area contributed by atoms with E-state index in [1.807, 2.05) is 0 Å². The van der Waals surface area contributed by atoms with Gasteiger partial charge in [0.25, 0.3) is 5.91 Å². The Morgan fingerprint density at radius 3 is 2.28 bits per heavy atom. The third-order valence-corrected chi connectivity index (χ3v) is 2.69. The minimum Gasteiger partial charge on any atom is -0.508 e. The molecule has 3 N–H and O–H groups in total. The molecule has 0 heterocycles. The minimum absolute atomic E-state index is 0.0103. The van der Waals surface area contributed by atoms with Gasteiger partial charge >= 0.3 is 5.97 Å². The van der Waals surface area contributed by atoms with Gasteiger partial charge in [0.2, 0.25) is 0 Å². The van der Waals surface area contributed by atoms with E-state index in [0.717, 1.165) is 0 Å². The molecular formula is C13H15NO4. The van der Waals surface area contributed by atoms with Crippen molar-refractivity contribution in [2.24, 2.45) is 0 Å². The maximum Gasteiger partial charge on any atom is 0.331 e. The Morgan fingerprint density at radius 2 is 1.78 bits per heavy atom. The number of phenolic OH excluding ortho intramolecular Hbond substituents is 1. The van der Waals surface area contributed by atoms with Gasteiger partial charge in [0.15, 0.2) is 0 Å². The lowest BCUT2D eigenvalue weighted by Gasteiger charge is -2.08. The van der Waals surface area contributed by atoms with Crippen molar-refractivity contribution in [3.8, 4) is 5.75 Å². The minimum atomic E-state index is -1.13. The first-order chi connectivity index (χ1) is 8.32. The monoisotopic (exact) mass is 249 g/mol. The first kappa shape index (κ1) is 13.8. The molecule has 0 radical (unpaired) electrons. The number of carboxylic acid groups (broad SMARTS) is 1. The number of aromatic hydroxyl groups is 1. The van der Waals surface area contributed by atoms with Crippen molar-refractivity contribution < 1.29 is 19.8 Å². The van der Waals surface area contributed by atoms with Crippen LogP contribution in [0.25, 0.3) is 0 Å². The van der Waals surface area contributed by atoms with Crippen LogP contribution >= 0.6 is 0 Å². The molecule has 0 aromatic heterocycles. The van der Waals surface area contributed by atoms with Crippen LogP contribution in [0, 0.1) is 6.92 Å². The highest BCUT2D eigenvalue weighted by Gasteiger charge is 2.13. The number of nitrogens with one attached hydrogen (secondary N) is 1. The summed E-state index contributed by atoms with van der Waals surface area (Å²) in [4.78, 5) is 22.5. The summed E-state index contributed by atoms with van der Waals surface area (Å²) in [5.74, 6) is -1.56. The van der Waals surface area contributed by atoms with E-state index in [9.17, 15) is 14.7 Å². The van der Waals surface area contributed by atoms with E-state index in [2.05, 4.69) is 5.32 Å². The fourth-order valence-corrected chi connectivity index (χ4v) is 1.24. The van der Waals surface area contributed by atoms with Gasteiger partial charge in [0.05, 0.1) is 0 Å². The van der Waals surface area contributed by atoms with E-state index in [1.165, 1.54) is 19.9 Å². The van der Waals surface area contributed by atoms with E-state index < -0.39 is 11.9 Å². The summed E-state index contributed by atoms with van der Waals surface area (Å²) >= 11 is 0. The maximum absolute atomic E-state index is 11.7. The summed E-state index contributed by atoms with van der Waals surface area (Å²) in [6, 6.07) is 4.71. The maximum atomic E-state index is 11.7. The average Bonchev–Trinajstić information content (AvgIpc) is 2.31. The van der Waals surface area contributed by atoms with Crippen molar-refractivity contribution in [1.29, 1.82) is 0 Å². The van der Waals surface area contributed by atoms with Gasteiger partial charge in [-0.25, -0.2) is 4.79 Å². The zero-order chi connectivity index (χ0) is 13.9. The molecule has 18 heavy (non-hydrogen) atoms. The van der Waals surface area contributed by atoms with Gasteiger partial charge in [0.1, 0.15) is 5.75 Å². The Morgan fingerprint density at radius 1 is 1.17 bits per heavy atom. The summed E-state index contributed by atoms with van der Waals surface area (Å²) in [5.41, 5.74) is 1.23. The quantitative estimate of drug-likeness (QED) is 0.715. The second-order valence-electron chi connectivity index (χ2n) is 4.01. The molecule has 5 nitrogen and oxygen atoms in total. The summed E-state index contributed by atoms with van der Waals surface area (Å²) in [5, 5.41) is 20.8. The van der Waals surface area contributed by atoms with E-state index in [0.29, 0.717) is 11.3 Å². The van der Waals surface area contributed by atoms with Gasteiger partial charge in [-0.05, 0) is 32.4 Å². The lowest BCUT2D eigenvalue weighted by atomic mass is 10.1. The summed E-state index contributed by atoms with van der Waals surface area (Å²) in [6.07, 6.45) is 0. The van der Waals surface area contributed by atoms with E-state index in [1.54, 1.807) is 19.1 Å². The number of carbonyl (C=O) groups excluding carboxylic acids is 1. The van der Waals surface area contributed by atoms with Gasteiger partial charge in [-0.1, -0.05) is 6.07 Å². The second kappa shape index (κ2) is 5.35. The third-order valence-electron chi connectivity index (χ3n) is 2.69. The molecule has 0 saturated heterocycles. The molecular weight excluding hydrogens is 234 g/mol. The van der Waals surface area contributed by atoms with Crippen LogP contribution in [0.3, 0.4) is 0 Å². The van der Waals surface area contributed by atoms with Gasteiger partial charge in [-0.3, -0.25) is 4.79 Å². The molecule has 0 aliphatic carbocycles.